The van der Waals surface area contributed by atoms with Crippen molar-refractivity contribution in [2.75, 3.05) is 7.11 Å². The number of fused-ring (bicyclic) bond motifs is 1. The summed E-state index contributed by atoms with van der Waals surface area (Å²) in [4.78, 5) is 11.8. The monoisotopic (exact) mass is 282 g/mol. The zero-order valence-electron chi connectivity index (χ0n) is 9.64. The minimum absolute atomic E-state index is 0.0223. The first-order valence-corrected chi connectivity index (χ1v) is 6.37. The normalized spacial score (nSPS) is 12.4. The summed E-state index contributed by atoms with van der Waals surface area (Å²) in [6.45, 7) is 3.54. The van der Waals surface area contributed by atoms with E-state index in [0.29, 0.717) is 9.90 Å². The Labute approximate surface area is 113 Å². The maximum absolute atomic E-state index is 11.3. The molecule has 1 aromatic carbocycles. The van der Waals surface area contributed by atoms with Crippen LogP contribution >= 0.6 is 22.9 Å². The number of carbonyl (C=O) groups is 1. The number of benzene rings is 1. The van der Waals surface area contributed by atoms with E-state index < -0.39 is 12.1 Å². The van der Waals surface area contributed by atoms with Crippen LogP contribution in [-0.4, -0.2) is 18.2 Å². The van der Waals surface area contributed by atoms with E-state index in [4.69, 9.17) is 11.6 Å². The second kappa shape index (κ2) is 5.10. The van der Waals surface area contributed by atoms with Gasteiger partial charge in [-0.15, -0.1) is 11.3 Å². The van der Waals surface area contributed by atoms with Gasteiger partial charge in [0.25, 0.3) is 0 Å². The van der Waals surface area contributed by atoms with E-state index in [1.54, 1.807) is 0 Å². The van der Waals surface area contributed by atoms with Crippen LogP contribution in [0.4, 0.5) is 0 Å². The van der Waals surface area contributed by atoms with E-state index in [1.165, 1.54) is 18.4 Å². The average Bonchev–Trinajstić information content (AvgIpc) is 2.74. The molecule has 94 valence electrons. The van der Waals surface area contributed by atoms with Gasteiger partial charge in [0.1, 0.15) is 6.10 Å². The molecule has 18 heavy (non-hydrogen) atoms. The van der Waals surface area contributed by atoms with Crippen molar-refractivity contribution in [3.8, 4) is 0 Å². The molecule has 0 radical (unpaired) electrons. The molecule has 2 aromatic rings. The Bertz CT molecular complexity index is 618. The Hall–Kier alpha value is -1.36. The summed E-state index contributed by atoms with van der Waals surface area (Å²) in [6, 6.07) is 7.53. The van der Waals surface area contributed by atoms with E-state index in [9.17, 15) is 9.90 Å². The molecule has 0 aliphatic carbocycles. The number of thiophene rings is 1. The summed E-state index contributed by atoms with van der Waals surface area (Å²) >= 11 is 7.54. The molecule has 0 bridgehead atoms. The number of esters is 1. The lowest BCUT2D eigenvalue weighted by Crippen LogP contribution is -2.11. The molecule has 0 spiro atoms. The van der Waals surface area contributed by atoms with Crippen LogP contribution in [0.2, 0.25) is 5.02 Å². The standard InChI is InChI=1S/C13H11ClO3S/c1-7(13(16)17-2)11(15)12-10(14)8-5-3-4-6-9(8)18-12/h3-6,11,15H,1H2,2H3. The molecule has 1 heterocycles. The number of rotatable bonds is 3. The molecule has 0 saturated carbocycles. The van der Waals surface area contributed by atoms with Crippen molar-refractivity contribution in [1.82, 2.24) is 0 Å². The smallest absolute Gasteiger partial charge is 0.336 e. The fourth-order valence-electron chi connectivity index (χ4n) is 1.61. The average molecular weight is 283 g/mol. The first-order chi connectivity index (χ1) is 8.56. The topological polar surface area (TPSA) is 46.5 Å². The minimum atomic E-state index is -1.14. The summed E-state index contributed by atoms with van der Waals surface area (Å²) in [5.41, 5.74) is -0.0223. The highest BCUT2D eigenvalue weighted by Gasteiger charge is 2.24. The van der Waals surface area contributed by atoms with E-state index in [0.717, 1.165) is 10.1 Å². The van der Waals surface area contributed by atoms with Gasteiger partial charge in [-0.05, 0) is 6.07 Å². The Morgan fingerprint density at radius 1 is 1.50 bits per heavy atom. The van der Waals surface area contributed by atoms with E-state index in [2.05, 4.69) is 11.3 Å². The number of aliphatic hydroxyl groups is 1. The SMILES string of the molecule is C=C(C(=O)OC)C(O)c1sc2ccccc2c1Cl. The van der Waals surface area contributed by atoms with Crippen molar-refractivity contribution in [2.45, 2.75) is 6.10 Å². The summed E-state index contributed by atoms with van der Waals surface area (Å²) in [6.07, 6.45) is -1.14. The molecule has 1 unspecified atom stereocenters. The van der Waals surface area contributed by atoms with Crippen LogP contribution in [0.1, 0.15) is 11.0 Å². The molecule has 0 saturated heterocycles. The number of methoxy groups -OCH3 is 1. The van der Waals surface area contributed by atoms with Crippen molar-refractivity contribution < 1.29 is 14.6 Å². The molecule has 1 N–H and O–H groups in total. The predicted molar refractivity (Wildman–Crippen MR) is 73.0 cm³/mol. The second-order valence-corrected chi connectivity index (χ2v) is 5.16. The highest BCUT2D eigenvalue weighted by atomic mass is 35.5. The molecule has 5 heteroatoms. The third-order valence-corrected chi connectivity index (χ3v) is 4.33. The molecule has 3 nitrogen and oxygen atoms in total. The maximum Gasteiger partial charge on any atom is 0.336 e. The molecule has 0 aliphatic heterocycles. The first-order valence-electron chi connectivity index (χ1n) is 5.18. The quantitative estimate of drug-likeness (QED) is 0.694. The Balaban J connectivity index is 2.45. The fourth-order valence-corrected chi connectivity index (χ4v) is 3.17. The van der Waals surface area contributed by atoms with E-state index in [-0.39, 0.29) is 5.57 Å². The number of halogens is 1. The van der Waals surface area contributed by atoms with Crippen LogP contribution in [0.5, 0.6) is 0 Å². The highest BCUT2D eigenvalue weighted by Crippen LogP contribution is 2.40. The van der Waals surface area contributed by atoms with Gasteiger partial charge in [0.15, 0.2) is 0 Å². The van der Waals surface area contributed by atoms with Gasteiger partial charge in [-0.2, -0.15) is 0 Å². The number of ether oxygens (including phenoxy) is 1. The highest BCUT2D eigenvalue weighted by molar-refractivity contribution is 7.19. The molecular formula is C13H11ClO3S. The maximum atomic E-state index is 11.3. The lowest BCUT2D eigenvalue weighted by atomic mass is 10.1. The van der Waals surface area contributed by atoms with Gasteiger partial charge in [0.2, 0.25) is 0 Å². The molecule has 0 aliphatic rings. The van der Waals surface area contributed by atoms with Gasteiger partial charge in [-0.1, -0.05) is 36.4 Å². The van der Waals surface area contributed by atoms with Gasteiger partial charge in [0.05, 0.1) is 22.6 Å². The minimum Gasteiger partial charge on any atom is -0.466 e. The molecule has 1 aromatic heterocycles. The van der Waals surface area contributed by atoms with Crippen molar-refractivity contribution in [3.05, 3.63) is 46.3 Å². The third-order valence-electron chi connectivity index (χ3n) is 2.59. The van der Waals surface area contributed by atoms with Crippen LogP contribution in [0, 0.1) is 0 Å². The number of hydrogen-bond acceptors (Lipinski definition) is 4. The third kappa shape index (κ3) is 2.14. The van der Waals surface area contributed by atoms with Crippen LogP contribution in [0.3, 0.4) is 0 Å². The van der Waals surface area contributed by atoms with Crippen molar-refractivity contribution in [3.63, 3.8) is 0 Å². The number of hydrogen-bond donors (Lipinski definition) is 1. The Morgan fingerprint density at radius 3 is 2.78 bits per heavy atom. The molecule has 1 atom stereocenters. The lowest BCUT2D eigenvalue weighted by Gasteiger charge is -2.10. The summed E-state index contributed by atoms with van der Waals surface area (Å²) < 4.78 is 5.48. The van der Waals surface area contributed by atoms with Crippen LogP contribution < -0.4 is 0 Å². The van der Waals surface area contributed by atoms with Crippen LogP contribution in [-0.2, 0) is 9.53 Å². The number of aliphatic hydroxyl groups excluding tert-OH is 1. The van der Waals surface area contributed by atoms with E-state index >= 15 is 0 Å². The predicted octanol–water partition coefficient (Wildman–Crippen LogP) is 3.32. The van der Waals surface area contributed by atoms with Crippen molar-refractivity contribution >= 4 is 39.0 Å². The zero-order chi connectivity index (χ0) is 13.3. The summed E-state index contributed by atoms with van der Waals surface area (Å²) in [5, 5.41) is 11.4. The molecule has 0 fully saturated rings. The Kier molecular flexibility index (Phi) is 3.71. The Morgan fingerprint density at radius 2 is 2.17 bits per heavy atom. The fraction of sp³-hybridized carbons (Fsp3) is 0.154. The van der Waals surface area contributed by atoms with Gasteiger partial charge in [-0.3, -0.25) is 0 Å². The first kappa shape index (κ1) is 13.1. The zero-order valence-corrected chi connectivity index (χ0v) is 11.2. The number of carbonyl (C=O) groups excluding carboxylic acids is 1. The van der Waals surface area contributed by atoms with Gasteiger partial charge >= 0.3 is 5.97 Å². The second-order valence-electron chi connectivity index (χ2n) is 3.70. The van der Waals surface area contributed by atoms with Gasteiger partial charge in [-0.25, -0.2) is 4.79 Å². The van der Waals surface area contributed by atoms with Crippen LogP contribution in [0.15, 0.2) is 36.4 Å². The van der Waals surface area contributed by atoms with Gasteiger partial charge in [0, 0.05) is 10.1 Å². The molecule has 0 amide bonds. The van der Waals surface area contributed by atoms with E-state index in [1.807, 2.05) is 24.3 Å². The lowest BCUT2D eigenvalue weighted by molar-refractivity contribution is -0.137. The molecular weight excluding hydrogens is 272 g/mol. The summed E-state index contributed by atoms with van der Waals surface area (Å²) in [7, 11) is 1.24. The largest absolute Gasteiger partial charge is 0.466 e. The van der Waals surface area contributed by atoms with Crippen molar-refractivity contribution in [2.24, 2.45) is 0 Å². The summed E-state index contributed by atoms with van der Waals surface area (Å²) in [5.74, 6) is -0.643. The van der Waals surface area contributed by atoms with Crippen molar-refractivity contribution in [1.29, 1.82) is 0 Å². The molecule has 2 rings (SSSR count). The van der Waals surface area contributed by atoms with Gasteiger partial charge < -0.3 is 9.84 Å². The van der Waals surface area contributed by atoms with Crippen LogP contribution in [0.25, 0.3) is 10.1 Å².